The molecule has 0 bridgehead atoms. The van der Waals surface area contributed by atoms with E-state index in [1.807, 2.05) is 13.0 Å². The lowest BCUT2D eigenvalue weighted by atomic mass is 10.00. The summed E-state index contributed by atoms with van der Waals surface area (Å²) in [6, 6.07) is 9.06. The third kappa shape index (κ3) is 2.73. The van der Waals surface area contributed by atoms with Gasteiger partial charge in [0.2, 0.25) is 0 Å². The maximum Gasteiger partial charge on any atom is 0.196 e. The molecule has 0 fully saturated rings. The highest BCUT2D eigenvalue weighted by Crippen LogP contribution is 2.24. The van der Waals surface area contributed by atoms with Crippen LogP contribution < -0.4 is 10.5 Å². The van der Waals surface area contributed by atoms with Crippen molar-refractivity contribution in [1.82, 2.24) is 0 Å². The van der Waals surface area contributed by atoms with Gasteiger partial charge in [-0.15, -0.1) is 0 Å². The van der Waals surface area contributed by atoms with Gasteiger partial charge < -0.3 is 10.5 Å². The van der Waals surface area contributed by atoms with Crippen LogP contribution in [0.2, 0.25) is 0 Å². The van der Waals surface area contributed by atoms with E-state index in [-0.39, 0.29) is 17.0 Å². The molecule has 98 valence electrons. The molecule has 0 unspecified atom stereocenters. The van der Waals surface area contributed by atoms with Crippen LogP contribution in [0.4, 0.5) is 10.1 Å². The van der Waals surface area contributed by atoms with Gasteiger partial charge in [0.25, 0.3) is 0 Å². The number of anilines is 1. The van der Waals surface area contributed by atoms with Crippen LogP contribution in [0, 0.1) is 12.7 Å². The van der Waals surface area contributed by atoms with Crippen molar-refractivity contribution in [3.63, 3.8) is 0 Å². The van der Waals surface area contributed by atoms with Gasteiger partial charge in [-0.25, -0.2) is 4.39 Å². The normalized spacial score (nSPS) is 10.3. The number of nitrogen functional groups attached to an aromatic ring is 1. The SMILES string of the molecule is COc1ccc(C)cc1C(=O)c1cc(N)cc(F)c1. The summed E-state index contributed by atoms with van der Waals surface area (Å²) >= 11 is 0. The van der Waals surface area contributed by atoms with Crippen molar-refractivity contribution >= 4 is 11.5 Å². The van der Waals surface area contributed by atoms with E-state index >= 15 is 0 Å². The number of ether oxygens (including phenoxy) is 1. The second-order valence-corrected chi connectivity index (χ2v) is 4.31. The monoisotopic (exact) mass is 259 g/mol. The van der Waals surface area contributed by atoms with Crippen LogP contribution >= 0.6 is 0 Å². The van der Waals surface area contributed by atoms with Gasteiger partial charge in [-0.2, -0.15) is 0 Å². The minimum Gasteiger partial charge on any atom is -0.496 e. The Morgan fingerprint density at radius 2 is 1.95 bits per heavy atom. The number of methoxy groups -OCH3 is 1. The van der Waals surface area contributed by atoms with Gasteiger partial charge in [-0.05, 0) is 37.3 Å². The standard InChI is InChI=1S/C15H14FNO2/c1-9-3-4-14(19-2)13(5-9)15(18)10-6-11(16)8-12(17)7-10/h3-8H,17H2,1-2H3. The minimum atomic E-state index is -0.532. The average Bonchev–Trinajstić information content (AvgIpc) is 2.36. The molecule has 0 atom stereocenters. The van der Waals surface area contributed by atoms with E-state index < -0.39 is 5.82 Å². The van der Waals surface area contributed by atoms with Crippen molar-refractivity contribution < 1.29 is 13.9 Å². The van der Waals surface area contributed by atoms with E-state index in [9.17, 15) is 9.18 Å². The molecule has 0 aliphatic rings. The van der Waals surface area contributed by atoms with Crippen LogP contribution in [0.5, 0.6) is 5.75 Å². The summed E-state index contributed by atoms with van der Waals surface area (Å²) in [5.41, 5.74) is 7.30. The highest BCUT2D eigenvalue weighted by Gasteiger charge is 2.15. The topological polar surface area (TPSA) is 52.3 Å². The predicted octanol–water partition coefficient (Wildman–Crippen LogP) is 2.96. The molecule has 4 heteroatoms. The number of ketones is 1. The molecule has 19 heavy (non-hydrogen) atoms. The van der Waals surface area contributed by atoms with Gasteiger partial charge in [0.05, 0.1) is 12.7 Å². The molecule has 2 N–H and O–H groups in total. The number of carbonyl (C=O) groups is 1. The van der Waals surface area contributed by atoms with E-state index in [4.69, 9.17) is 10.5 Å². The highest BCUT2D eigenvalue weighted by molar-refractivity contribution is 6.11. The first-order chi connectivity index (χ1) is 9.01. The first-order valence-corrected chi connectivity index (χ1v) is 5.76. The summed E-state index contributed by atoms with van der Waals surface area (Å²) in [5.74, 6) is -0.389. The molecule has 0 amide bonds. The maximum atomic E-state index is 13.3. The number of aryl methyl sites for hydroxylation is 1. The molecule has 2 aromatic carbocycles. The molecule has 0 aliphatic heterocycles. The quantitative estimate of drug-likeness (QED) is 0.681. The van der Waals surface area contributed by atoms with Crippen LogP contribution in [0.25, 0.3) is 0 Å². The Balaban J connectivity index is 2.52. The van der Waals surface area contributed by atoms with Gasteiger partial charge in [0.1, 0.15) is 11.6 Å². The smallest absolute Gasteiger partial charge is 0.196 e. The second kappa shape index (κ2) is 5.10. The van der Waals surface area contributed by atoms with Gasteiger partial charge >= 0.3 is 0 Å². The van der Waals surface area contributed by atoms with Crippen LogP contribution in [0.15, 0.2) is 36.4 Å². The van der Waals surface area contributed by atoms with E-state index in [0.717, 1.165) is 5.56 Å². The molecule has 2 aromatic rings. The number of rotatable bonds is 3. The van der Waals surface area contributed by atoms with Crippen molar-refractivity contribution in [2.24, 2.45) is 0 Å². The zero-order valence-corrected chi connectivity index (χ0v) is 10.7. The lowest BCUT2D eigenvalue weighted by molar-refractivity contribution is 0.103. The maximum absolute atomic E-state index is 13.3. The fourth-order valence-electron chi connectivity index (χ4n) is 1.90. The summed E-state index contributed by atoms with van der Waals surface area (Å²) < 4.78 is 18.5. The minimum absolute atomic E-state index is 0.210. The number of hydrogen-bond donors (Lipinski definition) is 1. The van der Waals surface area contributed by atoms with Crippen molar-refractivity contribution in [2.75, 3.05) is 12.8 Å². The van der Waals surface area contributed by atoms with Crippen molar-refractivity contribution in [3.05, 3.63) is 58.9 Å². The fraction of sp³-hybridized carbons (Fsp3) is 0.133. The van der Waals surface area contributed by atoms with Gasteiger partial charge in [-0.1, -0.05) is 11.6 Å². The largest absolute Gasteiger partial charge is 0.496 e. The number of benzene rings is 2. The molecule has 0 saturated heterocycles. The van der Waals surface area contributed by atoms with Gasteiger partial charge in [0, 0.05) is 11.3 Å². The fourth-order valence-corrected chi connectivity index (χ4v) is 1.90. The number of halogens is 1. The highest BCUT2D eigenvalue weighted by atomic mass is 19.1. The molecule has 0 radical (unpaired) electrons. The molecule has 0 aliphatic carbocycles. The lowest BCUT2D eigenvalue weighted by Crippen LogP contribution is -2.05. The summed E-state index contributed by atoms with van der Waals surface area (Å²) in [6.07, 6.45) is 0. The number of hydrogen-bond acceptors (Lipinski definition) is 3. The third-order valence-corrected chi connectivity index (χ3v) is 2.78. The summed E-state index contributed by atoms with van der Waals surface area (Å²) in [7, 11) is 1.49. The van der Waals surface area contributed by atoms with Crippen molar-refractivity contribution in [1.29, 1.82) is 0 Å². The third-order valence-electron chi connectivity index (χ3n) is 2.78. The Hall–Kier alpha value is -2.36. The zero-order chi connectivity index (χ0) is 14.0. The number of nitrogens with two attached hydrogens (primary N) is 1. The van der Waals surface area contributed by atoms with Crippen LogP contribution in [0.1, 0.15) is 21.5 Å². The Labute approximate surface area is 110 Å². The predicted molar refractivity (Wildman–Crippen MR) is 72.0 cm³/mol. The Morgan fingerprint density at radius 1 is 1.21 bits per heavy atom. The van der Waals surface area contributed by atoms with Crippen molar-refractivity contribution in [2.45, 2.75) is 6.92 Å². The molecule has 2 rings (SSSR count). The molecule has 3 nitrogen and oxygen atoms in total. The Morgan fingerprint density at radius 3 is 2.58 bits per heavy atom. The van der Waals surface area contributed by atoms with Crippen LogP contribution in [-0.2, 0) is 0 Å². The summed E-state index contributed by atoms with van der Waals surface area (Å²) in [6.45, 7) is 1.87. The van der Waals surface area contributed by atoms with E-state index in [1.54, 1.807) is 12.1 Å². The first kappa shape index (κ1) is 13.1. The van der Waals surface area contributed by atoms with Crippen molar-refractivity contribution in [3.8, 4) is 5.75 Å². The molecular weight excluding hydrogens is 245 g/mol. The first-order valence-electron chi connectivity index (χ1n) is 5.76. The molecule has 0 saturated carbocycles. The summed E-state index contributed by atoms with van der Waals surface area (Å²) in [4.78, 5) is 12.4. The number of carbonyl (C=O) groups excluding carboxylic acids is 1. The molecule has 0 aromatic heterocycles. The summed E-state index contributed by atoms with van der Waals surface area (Å²) in [5, 5.41) is 0. The van der Waals surface area contributed by atoms with E-state index in [1.165, 1.54) is 25.3 Å². The second-order valence-electron chi connectivity index (χ2n) is 4.31. The van der Waals surface area contributed by atoms with E-state index in [2.05, 4.69) is 0 Å². The lowest BCUT2D eigenvalue weighted by Gasteiger charge is -2.09. The Bertz CT molecular complexity index is 618. The average molecular weight is 259 g/mol. The molecule has 0 heterocycles. The van der Waals surface area contributed by atoms with Crippen LogP contribution in [0.3, 0.4) is 0 Å². The molecular formula is C15H14FNO2. The Kier molecular flexibility index (Phi) is 3.51. The molecule has 0 spiro atoms. The zero-order valence-electron chi connectivity index (χ0n) is 10.7. The van der Waals surface area contributed by atoms with E-state index in [0.29, 0.717) is 11.3 Å². The van der Waals surface area contributed by atoms with Crippen LogP contribution in [-0.4, -0.2) is 12.9 Å². The van der Waals surface area contributed by atoms with Gasteiger partial charge in [0.15, 0.2) is 5.78 Å². The van der Waals surface area contributed by atoms with Gasteiger partial charge in [-0.3, -0.25) is 4.79 Å².